The molecule has 1 fully saturated rings. The van der Waals surface area contributed by atoms with Crippen LogP contribution in [0.5, 0.6) is 0 Å². The van der Waals surface area contributed by atoms with Crippen LogP contribution >= 0.6 is 0 Å². The molecule has 2 N–H and O–H groups in total. The second kappa shape index (κ2) is 4.14. The SMILES string of the molecule is CCNC(=O)N/C=C(\C)C1CC1. The van der Waals surface area contributed by atoms with Crippen LogP contribution < -0.4 is 10.6 Å². The van der Waals surface area contributed by atoms with E-state index < -0.39 is 0 Å². The molecule has 3 nitrogen and oxygen atoms in total. The van der Waals surface area contributed by atoms with Crippen molar-refractivity contribution in [2.75, 3.05) is 6.54 Å². The predicted octanol–water partition coefficient (Wildman–Crippen LogP) is 1.62. The Hall–Kier alpha value is -0.990. The Morgan fingerprint density at radius 3 is 2.75 bits per heavy atom. The van der Waals surface area contributed by atoms with Gasteiger partial charge in [0.2, 0.25) is 0 Å². The number of amides is 2. The van der Waals surface area contributed by atoms with Gasteiger partial charge in [0.1, 0.15) is 0 Å². The summed E-state index contributed by atoms with van der Waals surface area (Å²) in [6, 6.07) is -0.113. The van der Waals surface area contributed by atoms with Crippen molar-refractivity contribution in [3.8, 4) is 0 Å². The molecule has 0 aromatic heterocycles. The third-order valence-electron chi connectivity index (χ3n) is 1.99. The Morgan fingerprint density at radius 1 is 1.58 bits per heavy atom. The van der Waals surface area contributed by atoms with Crippen molar-refractivity contribution in [1.29, 1.82) is 0 Å². The maximum atomic E-state index is 10.9. The van der Waals surface area contributed by atoms with Crippen molar-refractivity contribution in [2.24, 2.45) is 5.92 Å². The van der Waals surface area contributed by atoms with Crippen molar-refractivity contribution < 1.29 is 4.79 Å². The quantitative estimate of drug-likeness (QED) is 0.660. The summed E-state index contributed by atoms with van der Waals surface area (Å²) in [4.78, 5) is 10.9. The van der Waals surface area contributed by atoms with Crippen LogP contribution in [-0.4, -0.2) is 12.6 Å². The minimum Gasteiger partial charge on any atom is -0.338 e. The summed E-state index contributed by atoms with van der Waals surface area (Å²) in [6.07, 6.45) is 4.36. The van der Waals surface area contributed by atoms with Crippen molar-refractivity contribution >= 4 is 6.03 Å². The van der Waals surface area contributed by atoms with Gasteiger partial charge < -0.3 is 10.6 Å². The number of hydrogen-bond acceptors (Lipinski definition) is 1. The zero-order chi connectivity index (χ0) is 8.97. The Balaban J connectivity index is 2.21. The summed E-state index contributed by atoms with van der Waals surface area (Å²) < 4.78 is 0. The van der Waals surface area contributed by atoms with Crippen LogP contribution in [0.2, 0.25) is 0 Å². The highest BCUT2D eigenvalue weighted by Crippen LogP contribution is 2.35. The van der Waals surface area contributed by atoms with E-state index >= 15 is 0 Å². The summed E-state index contributed by atoms with van der Waals surface area (Å²) in [5, 5.41) is 5.36. The lowest BCUT2D eigenvalue weighted by atomic mass is 10.2. The van der Waals surface area contributed by atoms with Gasteiger partial charge in [0.25, 0.3) is 0 Å². The summed E-state index contributed by atoms with van der Waals surface area (Å²) in [5.41, 5.74) is 1.28. The molecule has 1 rings (SSSR count). The van der Waals surface area contributed by atoms with Crippen molar-refractivity contribution in [1.82, 2.24) is 10.6 Å². The van der Waals surface area contributed by atoms with Crippen LogP contribution in [0, 0.1) is 5.92 Å². The number of hydrogen-bond donors (Lipinski definition) is 2. The van der Waals surface area contributed by atoms with E-state index in [1.165, 1.54) is 18.4 Å². The van der Waals surface area contributed by atoms with Crippen LogP contribution in [0.15, 0.2) is 11.8 Å². The van der Waals surface area contributed by atoms with Gasteiger partial charge in [0, 0.05) is 12.7 Å². The maximum absolute atomic E-state index is 10.9. The third kappa shape index (κ3) is 2.95. The molecule has 12 heavy (non-hydrogen) atoms. The zero-order valence-corrected chi connectivity index (χ0v) is 7.68. The molecule has 0 aliphatic heterocycles. The molecule has 0 bridgehead atoms. The van der Waals surface area contributed by atoms with Gasteiger partial charge in [0.05, 0.1) is 0 Å². The topological polar surface area (TPSA) is 41.1 Å². The van der Waals surface area contributed by atoms with Crippen LogP contribution in [0.1, 0.15) is 26.7 Å². The lowest BCUT2D eigenvalue weighted by molar-refractivity contribution is 0.244. The molecule has 0 aromatic carbocycles. The number of carbonyl (C=O) groups excluding carboxylic acids is 1. The fourth-order valence-corrected chi connectivity index (χ4v) is 1.05. The molecule has 0 spiro atoms. The van der Waals surface area contributed by atoms with E-state index in [9.17, 15) is 4.79 Å². The van der Waals surface area contributed by atoms with E-state index in [-0.39, 0.29) is 6.03 Å². The number of allylic oxidation sites excluding steroid dienone is 1. The smallest absolute Gasteiger partial charge is 0.318 e. The molecule has 2 amide bonds. The van der Waals surface area contributed by atoms with Crippen LogP contribution in [0.4, 0.5) is 4.79 Å². The molecule has 0 saturated heterocycles. The molecule has 3 heteroatoms. The standard InChI is InChI=1S/C9H16N2O/c1-3-10-9(12)11-6-7(2)8-4-5-8/h6,8H,3-5H2,1-2H3,(H2,10,11,12)/b7-6+. The molecule has 0 atom stereocenters. The largest absolute Gasteiger partial charge is 0.338 e. The third-order valence-corrected chi connectivity index (χ3v) is 1.99. The minimum atomic E-state index is -0.113. The Morgan fingerprint density at radius 2 is 2.25 bits per heavy atom. The molecular weight excluding hydrogens is 152 g/mol. The molecule has 1 aliphatic carbocycles. The van der Waals surface area contributed by atoms with Crippen LogP contribution in [0.3, 0.4) is 0 Å². The van der Waals surface area contributed by atoms with Crippen LogP contribution in [-0.2, 0) is 0 Å². The highest BCUT2D eigenvalue weighted by molar-refractivity contribution is 5.74. The van der Waals surface area contributed by atoms with E-state index in [0.717, 1.165) is 5.92 Å². The molecule has 1 saturated carbocycles. The lowest BCUT2D eigenvalue weighted by Gasteiger charge is -2.01. The van der Waals surface area contributed by atoms with Gasteiger partial charge in [0.15, 0.2) is 0 Å². The fraction of sp³-hybridized carbons (Fsp3) is 0.667. The first-order valence-corrected chi connectivity index (χ1v) is 4.45. The number of carbonyl (C=O) groups is 1. The first-order chi connectivity index (χ1) is 5.74. The summed E-state index contributed by atoms with van der Waals surface area (Å²) in [7, 11) is 0. The van der Waals surface area contributed by atoms with Gasteiger partial charge in [-0.3, -0.25) is 0 Å². The summed E-state index contributed by atoms with van der Waals surface area (Å²) >= 11 is 0. The zero-order valence-electron chi connectivity index (χ0n) is 7.68. The van der Waals surface area contributed by atoms with E-state index in [0.29, 0.717) is 6.54 Å². The molecule has 0 unspecified atom stereocenters. The average Bonchev–Trinajstić information content (AvgIpc) is 2.83. The number of rotatable bonds is 3. The van der Waals surface area contributed by atoms with Gasteiger partial charge in [-0.25, -0.2) is 4.79 Å². The second-order valence-electron chi connectivity index (χ2n) is 3.17. The highest BCUT2D eigenvalue weighted by Gasteiger charge is 2.22. The van der Waals surface area contributed by atoms with Gasteiger partial charge in [-0.15, -0.1) is 0 Å². The summed E-state index contributed by atoms with van der Waals surface area (Å²) in [5.74, 6) is 0.729. The van der Waals surface area contributed by atoms with E-state index in [1.54, 1.807) is 0 Å². The predicted molar refractivity (Wildman–Crippen MR) is 48.7 cm³/mol. The molecule has 68 valence electrons. The lowest BCUT2D eigenvalue weighted by Crippen LogP contribution is -2.31. The van der Waals surface area contributed by atoms with E-state index in [1.807, 2.05) is 13.1 Å². The normalized spacial score (nSPS) is 17.3. The maximum Gasteiger partial charge on any atom is 0.318 e. The number of nitrogens with one attached hydrogen (secondary N) is 2. The first-order valence-electron chi connectivity index (χ1n) is 4.45. The van der Waals surface area contributed by atoms with Crippen molar-refractivity contribution in [2.45, 2.75) is 26.7 Å². The van der Waals surface area contributed by atoms with E-state index in [4.69, 9.17) is 0 Å². The van der Waals surface area contributed by atoms with Crippen molar-refractivity contribution in [3.63, 3.8) is 0 Å². The number of urea groups is 1. The second-order valence-corrected chi connectivity index (χ2v) is 3.17. The Bertz CT molecular complexity index is 195. The molecular formula is C9H16N2O. The fourth-order valence-electron chi connectivity index (χ4n) is 1.05. The van der Waals surface area contributed by atoms with Gasteiger partial charge in [-0.1, -0.05) is 5.57 Å². The van der Waals surface area contributed by atoms with Gasteiger partial charge >= 0.3 is 6.03 Å². The summed E-state index contributed by atoms with van der Waals surface area (Å²) in [6.45, 7) is 4.63. The van der Waals surface area contributed by atoms with Gasteiger partial charge in [-0.2, -0.15) is 0 Å². The first kappa shape index (κ1) is 9.10. The molecule has 0 heterocycles. The van der Waals surface area contributed by atoms with E-state index in [2.05, 4.69) is 17.6 Å². The highest BCUT2D eigenvalue weighted by atomic mass is 16.2. The van der Waals surface area contributed by atoms with Gasteiger partial charge in [-0.05, 0) is 32.6 Å². The van der Waals surface area contributed by atoms with Crippen molar-refractivity contribution in [3.05, 3.63) is 11.8 Å². The molecule has 0 radical (unpaired) electrons. The Labute approximate surface area is 73.2 Å². The average molecular weight is 168 g/mol. The monoisotopic (exact) mass is 168 g/mol. The molecule has 0 aromatic rings. The van der Waals surface area contributed by atoms with Crippen LogP contribution in [0.25, 0.3) is 0 Å². The molecule has 1 aliphatic rings. The Kier molecular flexibility index (Phi) is 3.14. The minimum absolute atomic E-state index is 0.113.